The molecule has 3 rings (SSSR count). The lowest BCUT2D eigenvalue weighted by Crippen LogP contribution is -2.08. The van der Waals surface area contributed by atoms with Crippen molar-refractivity contribution in [3.05, 3.63) is 73.6 Å². The Kier molecular flexibility index (Phi) is 4.38. The molecule has 0 fully saturated rings. The fourth-order valence-corrected chi connectivity index (χ4v) is 2.72. The highest BCUT2D eigenvalue weighted by molar-refractivity contribution is 14.1. The number of hydrogen-bond donors (Lipinski definition) is 0. The summed E-state index contributed by atoms with van der Waals surface area (Å²) in [5.41, 5.74) is 2.97. The largest absolute Gasteiger partial charge is 0.463 e. The summed E-state index contributed by atoms with van der Waals surface area (Å²) in [6, 6.07) is 13.5. The van der Waals surface area contributed by atoms with E-state index in [0.29, 0.717) is 16.5 Å². The molecule has 110 valence electrons. The average molecular weight is 403 g/mol. The standard InChI is InChI=1S/C18H14INO2/c1-2-12-7-8-17-14(9-12)18(21)13(11-22-17)10-20-16-6-4-3-5-15(16)19/h3-11H,2H2,1H3. The lowest BCUT2D eigenvalue weighted by atomic mass is 10.1. The monoisotopic (exact) mass is 403 g/mol. The molecule has 1 heterocycles. The van der Waals surface area contributed by atoms with Gasteiger partial charge in [0.15, 0.2) is 0 Å². The number of aryl methyl sites for hydroxylation is 1. The zero-order valence-electron chi connectivity index (χ0n) is 12.0. The van der Waals surface area contributed by atoms with Gasteiger partial charge in [0.2, 0.25) is 5.43 Å². The summed E-state index contributed by atoms with van der Waals surface area (Å²) < 4.78 is 6.59. The highest BCUT2D eigenvalue weighted by atomic mass is 127. The second kappa shape index (κ2) is 6.44. The predicted molar refractivity (Wildman–Crippen MR) is 98.3 cm³/mol. The van der Waals surface area contributed by atoms with Crippen LogP contribution in [0.25, 0.3) is 11.0 Å². The van der Waals surface area contributed by atoms with E-state index in [-0.39, 0.29) is 5.43 Å². The second-order valence-corrected chi connectivity index (χ2v) is 6.08. The van der Waals surface area contributed by atoms with Crippen molar-refractivity contribution < 1.29 is 4.42 Å². The van der Waals surface area contributed by atoms with E-state index in [1.54, 1.807) is 6.21 Å². The Balaban J connectivity index is 2.06. The Morgan fingerprint density at radius 2 is 2.05 bits per heavy atom. The molecule has 0 atom stereocenters. The maximum Gasteiger partial charge on any atom is 0.201 e. The van der Waals surface area contributed by atoms with Gasteiger partial charge in [0.05, 0.1) is 16.6 Å². The van der Waals surface area contributed by atoms with Crippen molar-refractivity contribution >= 4 is 45.5 Å². The zero-order valence-corrected chi connectivity index (χ0v) is 14.2. The highest BCUT2D eigenvalue weighted by Gasteiger charge is 2.06. The van der Waals surface area contributed by atoms with Crippen molar-refractivity contribution in [1.82, 2.24) is 0 Å². The minimum Gasteiger partial charge on any atom is -0.463 e. The van der Waals surface area contributed by atoms with Crippen LogP contribution >= 0.6 is 22.6 Å². The maximum atomic E-state index is 12.5. The van der Waals surface area contributed by atoms with Gasteiger partial charge in [0.25, 0.3) is 0 Å². The number of fused-ring (bicyclic) bond motifs is 1. The van der Waals surface area contributed by atoms with Crippen molar-refractivity contribution in [2.24, 2.45) is 4.99 Å². The van der Waals surface area contributed by atoms with Crippen LogP contribution in [0.4, 0.5) is 5.69 Å². The van der Waals surface area contributed by atoms with E-state index in [1.165, 1.54) is 6.26 Å². The first-order valence-electron chi connectivity index (χ1n) is 7.02. The third-order valence-electron chi connectivity index (χ3n) is 3.47. The van der Waals surface area contributed by atoms with Gasteiger partial charge in [-0.3, -0.25) is 9.79 Å². The molecule has 0 aliphatic carbocycles. The third kappa shape index (κ3) is 2.97. The average Bonchev–Trinajstić information content (AvgIpc) is 2.55. The van der Waals surface area contributed by atoms with E-state index < -0.39 is 0 Å². The van der Waals surface area contributed by atoms with Crippen LogP contribution in [0.3, 0.4) is 0 Å². The number of hydrogen-bond acceptors (Lipinski definition) is 3. The molecule has 2 aromatic carbocycles. The Morgan fingerprint density at radius 3 is 2.82 bits per heavy atom. The summed E-state index contributed by atoms with van der Waals surface area (Å²) in [7, 11) is 0. The van der Waals surface area contributed by atoms with E-state index in [1.807, 2.05) is 42.5 Å². The van der Waals surface area contributed by atoms with E-state index in [9.17, 15) is 4.79 Å². The van der Waals surface area contributed by atoms with Crippen LogP contribution in [-0.4, -0.2) is 6.21 Å². The lowest BCUT2D eigenvalue weighted by molar-refractivity contribution is 0.601. The molecule has 22 heavy (non-hydrogen) atoms. The summed E-state index contributed by atoms with van der Waals surface area (Å²) in [6.07, 6.45) is 3.92. The molecule has 0 spiro atoms. The molecule has 0 unspecified atom stereocenters. The molecule has 0 aliphatic rings. The summed E-state index contributed by atoms with van der Waals surface area (Å²) in [5, 5.41) is 0.603. The van der Waals surface area contributed by atoms with Crippen LogP contribution in [0, 0.1) is 3.57 Å². The molecule has 4 heteroatoms. The summed E-state index contributed by atoms with van der Waals surface area (Å²) in [5.74, 6) is 0. The van der Waals surface area contributed by atoms with Gasteiger partial charge in [-0.1, -0.05) is 25.1 Å². The number of nitrogens with zero attached hydrogens (tertiary/aromatic N) is 1. The van der Waals surface area contributed by atoms with Crippen LogP contribution < -0.4 is 5.43 Å². The van der Waals surface area contributed by atoms with E-state index in [4.69, 9.17) is 4.42 Å². The molecule has 0 bridgehead atoms. The Bertz CT molecular complexity index is 912. The molecule has 0 N–H and O–H groups in total. The number of halogens is 1. The smallest absolute Gasteiger partial charge is 0.201 e. The first-order valence-corrected chi connectivity index (χ1v) is 8.10. The minimum absolute atomic E-state index is 0.0498. The fraction of sp³-hybridized carbons (Fsp3) is 0.111. The van der Waals surface area contributed by atoms with Crippen molar-refractivity contribution in [1.29, 1.82) is 0 Å². The maximum absolute atomic E-state index is 12.5. The topological polar surface area (TPSA) is 42.6 Å². The number of benzene rings is 2. The van der Waals surface area contributed by atoms with E-state index in [2.05, 4.69) is 34.5 Å². The quantitative estimate of drug-likeness (QED) is 0.470. The number of para-hydroxylation sites is 1. The van der Waals surface area contributed by atoms with Crippen LogP contribution in [0.5, 0.6) is 0 Å². The predicted octanol–water partition coefficient (Wildman–Crippen LogP) is 4.71. The molecule has 0 saturated carbocycles. The molecule has 0 amide bonds. The van der Waals surface area contributed by atoms with Crippen molar-refractivity contribution in [2.75, 3.05) is 0 Å². The lowest BCUT2D eigenvalue weighted by Gasteiger charge is -2.01. The summed E-state index contributed by atoms with van der Waals surface area (Å²) in [4.78, 5) is 16.9. The molecule has 3 aromatic rings. The first kappa shape index (κ1) is 15.0. The Labute approximate surface area is 141 Å². The van der Waals surface area contributed by atoms with Crippen LogP contribution in [-0.2, 0) is 6.42 Å². The molecular weight excluding hydrogens is 389 g/mol. The number of aliphatic imine (C=N–C) groups is 1. The van der Waals surface area contributed by atoms with E-state index >= 15 is 0 Å². The van der Waals surface area contributed by atoms with Crippen molar-refractivity contribution in [2.45, 2.75) is 13.3 Å². The first-order chi connectivity index (χ1) is 10.7. The summed E-state index contributed by atoms with van der Waals surface area (Å²) in [6.45, 7) is 2.06. The van der Waals surface area contributed by atoms with Gasteiger partial charge in [0, 0.05) is 9.78 Å². The highest BCUT2D eigenvalue weighted by Crippen LogP contribution is 2.20. The van der Waals surface area contributed by atoms with Gasteiger partial charge >= 0.3 is 0 Å². The third-order valence-corrected chi connectivity index (χ3v) is 4.38. The molecule has 3 nitrogen and oxygen atoms in total. The van der Waals surface area contributed by atoms with Gasteiger partial charge in [-0.2, -0.15) is 0 Å². The van der Waals surface area contributed by atoms with Crippen molar-refractivity contribution in [3.63, 3.8) is 0 Å². The molecule has 0 aliphatic heterocycles. The van der Waals surface area contributed by atoms with Crippen LogP contribution in [0.2, 0.25) is 0 Å². The van der Waals surface area contributed by atoms with E-state index in [0.717, 1.165) is 21.2 Å². The normalized spacial score (nSPS) is 11.4. The van der Waals surface area contributed by atoms with Gasteiger partial charge in [-0.05, 0) is 58.8 Å². The molecular formula is C18H14INO2. The molecule has 0 saturated heterocycles. The van der Waals surface area contributed by atoms with Gasteiger partial charge in [-0.15, -0.1) is 0 Å². The van der Waals surface area contributed by atoms with Crippen LogP contribution in [0.1, 0.15) is 18.1 Å². The number of rotatable bonds is 3. The van der Waals surface area contributed by atoms with Crippen LogP contribution in [0.15, 0.2) is 62.9 Å². The fourth-order valence-electron chi connectivity index (χ4n) is 2.20. The summed E-state index contributed by atoms with van der Waals surface area (Å²) >= 11 is 2.22. The second-order valence-electron chi connectivity index (χ2n) is 4.91. The SMILES string of the molecule is CCc1ccc2occ(C=Nc3ccccc3I)c(=O)c2c1. The zero-order chi connectivity index (χ0) is 15.5. The Hall–Kier alpha value is -1.95. The molecule has 1 aromatic heterocycles. The van der Waals surface area contributed by atoms with Gasteiger partial charge in [-0.25, -0.2) is 0 Å². The minimum atomic E-state index is -0.0498. The van der Waals surface area contributed by atoms with Crippen molar-refractivity contribution in [3.8, 4) is 0 Å². The van der Waals surface area contributed by atoms with Gasteiger partial charge in [0.1, 0.15) is 11.8 Å². The van der Waals surface area contributed by atoms with Gasteiger partial charge < -0.3 is 4.42 Å². The molecule has 0 radical (unpaired) electrons. The Morgan fingerprint density at radius 1 is 1.23 bits per heavy atom.